The van der Waals surface area contributed by atoms with Gasteiger partial charge in [-0.2, -0.15) is 13.2 Å². The second-order valence-corrected chi connectivity index (χ2v) is 6.06. The summed E-state index contributed by atoms with van der Waals surface area (Å²) in [5.41, 5.74) is 1.74. The monoisotopic (exact) mass is 359 g/mol. The zero-order valence-corrected chi connectivity index (χ0v) is 13.7. The molecule has 0 saturated carbocycles. The van der Waals surface area contributed by atoms with E-state index in [1.807, 2.05) is 37.3 Å². The predicted molar refractivity (Wildman–Crippen MR) is 83.6 cm³/mol. The zero-order chi connectivity index (χ0) is 17.6. The lowest BCUT2D eigenvalue weighted by atomic mass is 10.2. The van der Waals surface area contributed by atoms with Gasteiger partial charge in [-0.05, 0) is 6.92 Å². The summed E-state index contributed by atoms with van der Waals surface area (Å²) in [7, 11) is 0. The molecule has 0 saturated heterocycles. The van der Waals surface area contributed by atoms with E-state index in [0.717, 1.165) is 21.1 Å². The molecule has 0 aliphatic rings. The Morgan fingerprint density at radius 2 is 1.96 bits per heavy atom. The van der Waals surface area contributed by atoms with Gasteiger partial charge in [-0.15, -0.1) is 11.3 Å². The minimum Gasteiger partial charge on any atom is -0.460 e. The predicted octanol–water partition coefficient (Wildman–Crippen LogP) is 4.13. The second-order valence-electron chi connectivity index (χ2n) is 4.97. The summed E-state index contributed by atoms with van der Waals surface area (Å²) >= 11 is 1.42. The topological polar surface area (TPSA) is 48.4 Å². The van der Waals surface area contributed by atoms with E-state index in [0.29, 0.717) is 0 Å². The molecule has 2 aromatic rings. The number of carbonyl (C=O) groups excluding carboxylic acids is 1. The van der Waals surface area contributed by atoms with Crippen molar-refractivity contribution in [2.24, 2.45) is 0 Å². The van der Waals surface area contributed by atoms with E-state index < -0.39 is 18.8 Å². The summed E-state index contributed by atoms with van der Waals surface area (Å²) in [5, 5.41) is 0.827. The molecule has 0 aliphatic heterocycles. The molecule has 0 bridgehead atoms. The number of esters is 1. The molecule has 0 N–H and O–H groups in total. The van der Waals surface area contributed by atoms with Crippen LogP contribution in [0.1, 0.15) is 17.0 Å². The fourth-order valence-corrected chi connectivity index (χ4v) is 2.81. The molecule has 0 spiro atoms. The third kappa shape index (κ3) is 5.93. The number of rotatable bonds is 7. The first-order valence-corrected chi connectivity index (χ1v) is 7.98. The lowest BCUT2D eigenvalue weighted by Gasteiger charge is -2.07. The van der Waals surface area contributed by atoms with E-state index in [-0.39, 0.29) is 19.6 Å². The van der Waals surface area contributed by atoms with Crippen molar-refractivity contribution in [2.45, 2.75) is 26.1 Å². The smallest absolute Gasteiger partial charge is 0.411 e. The van der Waals surface area contributed by atoms with Gasteiger partial charge in [-0.25, -0.2) is 4.98 Å². The van der Waals surface area contributed by atoms with Gasteiger partial charge in [-0.3, -0.25) is 4.79 Å². The standard InChI is InChI=1S/C16H16F3NO3S/c1-11-13(24-15(20-11)12-5-3-2-4-6-12)9-23-14(21)7-8-22-10-16(17,18)19/h2-6H,7-10H2,1H3. The maximum Gasteiger partial charge on any atom is 0.411 e. The van der Waals surface area contributed by atoms with E-state index in [2.05, 4.69) is 9.72 Å². The largest absolute Gasteiger partial charge is 0.460 e. The molecule has 0 fully saturated rings. The highest BCUT2D eigenvalue weighted by atomic mass is 32.1. The summed E-state index contributed by atoms with van der Waals surface area (Å²) in [6.07, 6.45) is -4.61. The summed E-state index contributed by atoms with van der Waals surface area (Å²) in [5.74, 6) is -0.605. The van der Waals surface area contributed by atoms with E-state index in [4.69, 9.17) is 4.74 Å². The number of alkyl halides is 3. The molecule has 1 aromatic heterocycles. The lowest BCUT2D eigenvalue weighted by Crippen LogP contribution is -2.18. The number of halogens is 3. The molecule has 8 heteroatoms. The van der Waals surface area contributed by atoms with Crippen LogP contribution in [0.4, 0.5) is 13.2 Å². The highest BCUT2D eigenvalue weighted by molar-refractivity contribution is 7.15. The van der Waals surface area contributed by atoms with E-state index in [9.17, 15) is 18.0 Å². The summed E-state index contributed by atoms with van der Waals surface area (Å²) in [6, 6.07) is 9.60. The Morgan fingerprint density at radius 1 is 1.25 bits per heavy atom. The van der Waals surface area contributed by atoms with Crippen LogP contribution in [0.2, 0.25) is 0 Å². The van der Waals surface area contributed by atoms with Gasteiger partial charge in [0.2, 0.25) is 0 Å². The molecule has 0 amide bonds. The molecule has 4 nitrogen and oxygen atoms in total. The van der Waals surface area contributed by atoms with Gasteiger partial charge < -0.3 is 9.47 Å². The van der Waals surface area contributed by atoms with E-state index >= 15 is 0 Å². The third-order valence-electron chi connectivity index (χ3n) is 2.99. The van der Waals surface area contributed by atoms with Crippen LogP contribution in [0, 0.1) is 6.92 Å². The molecule has 0 atom stereocenters. The normalized spacial score (nSPS) is 11.5. The Balaban J connectivity index is 1.80. The number of hydrogen-bond donors (Lipinski definition) is 0. The average Bonchev–Trinajstić information content (AvgIpc) is 2.91. The number of nitrogens with zero attached hydrogens (tertiary/aromatic N) is 1. The first-order valence-electron chi connectivity index (χ1n) is 7.17. The highest BCUT2D eigenvalue weighted by Gasteiger charge is 2.27. The number of ether oxygens (including phenoxy) is 2. The fourth-order valence-electron chi connectivity index (χ4n) is 1.83. The first kappa shape index (κ1) is 18.4. The van der Waals surface area contributed by atoms with Crippen molar-refractivity contribution in [1.82, 2.24) is 4.98 Å². The van der Waals surface area contributed by atoms with E-state index in [1.54, 1.807) is 0 Å². The van der Waals surface area contributed by atoms with Crippen molar-refractivity contribution < 1.29 is 27.4 Å². The van der Waals surface area contributed by atoms with Crippen LogP contribution in [-0.2, 0) is 20.9 Å². The number of hydrogen-bond acceptors (Lipinski definition) is 5. The van der Waals surface area contributed by atoms with Gasteiger partial charge in [-0.1, -0.05) is 30.3 Å². The Kier molecular flexibility index (Phi) is 6.33. The number of aryl methyl sites for hydroxylation is 1. The van der Waals surface area contributed by atoms with Crippen molar-refractivity contribution in [3.8, 4) is 10.6 Å². The van der Waals surface area contributed by atoms with Gasteiger partial charge in [0.05, 0.1) is 23.6 Å². The average molecular weight is 359 g/mol. The molecule has 0 unspecified atom stereocenters. The molecule has 1 aromatic carbocycles. The van der Waals surface area contributed by atoms with Crippen molar-refractivity contribution in [3.63, 3.8) is 0 Å². The minimum absolute atomic E-state index is 0.0500. The third-order valence-corrected chi connectivity index (χ3v) is 4.17. The number of benzene rings is 1. The molecule has 24 heavy (non-hydrogen) atoms. The van der Waals surface area contributed by atoms with Gasteiger partial charge in [0.1, 0.15) is 18.2 Å². The summed E-state index contributed by atoms with van der Waals surface area (Å²) in [4.78, 5) is 16.8. The van der Waals surface area contributed by atoms with Gasteiger partial charge in [0.25, 0.3) is 0 Å². The van der Waals surface area contributed by atoms with Crippen LogP contribution < -0.4 is 0 Å². The molecule has 1 heterocycles. The Hall–Kier alpha value is -1.93. The molecule has 2 rings (SSSR count). The van der Waals surface area contributed by atoms with Crippen molar-refractivity contribution >= 4 is 17.3 Å². The summed E-state index contributed by atoms with van der Waals surface area (Å²) in [6.45, 7) is 0.178. The lowest BCUT2D eigenvalue weighted by molar-refractivity contribution is -0.176. The molecular weight excluding hydrogens is 343 g/mol. The van der Waals surface area contributed by atoms with Gasteiger partial charge >= 0.3 is 12.1 Å². The Morgan fingerprint density at radius 3 is 2.62 bits per heavy atom. The fraction of sp³-hybridized carbons (Fsp3) is 0.375. The number of carbonyl (C=O) groups is 1. The van der Waals surface area contributed by atoms with Crippen molar-refractivity contribution in [1.29, 1.82) is 0 Å². The van der Waals surface area contributed by atoms with Crippen LogP contribution >= 0.6 is 11.3 Å². The second kappa shape index (κ2) is 8.25. The number of thiazole rings is 1. The maximum absolute atomic E-state index is 11.9. The first-order chi connectivity index (χ1) is 11.3. The van der Waals surface area contributed by atoms with Gasteiger partial charge in [0, 0.05) is 5.56 Å². The maximum atomic E-state index is 11.9. The van der Waals surface area contributed by atoms with Crippen LogP contribution in [0.25, 0.3) is 10.6 Å². The van der Waals surface area contributed by atoms with Crippen LogP contribution in [-0.4, -0.2) is 30.3 Å². The molecule has 0 radical (unpaired) electrons. The Labute approximate surface area is 141 Å². The summed E-state index contributed by atoms with van der Waals surface area (Å²) < 4.78 is 45.1. The van der Waals surface area contributed by atoms with Crippen LogP contribution in [0.15, 0.2) is 30.3 Å². The van der Waals surface area contributed by atoms with Crippen molar-refractivity contribution in [3.05, 3.63) is 40.9 Å². The molecule has 130 valence electrons. The highest BCUT2D eigenvalue weighted by Crippen LogP contribution is 2.28. The van der Waals surface area contributed by atoms with E-state index in [1.165, 1.54) is 11.3 Å². The SMILES string of the molecule is Cc1nc(-c2ccccc2)sc1COC(=O)CCOCC(F)(F)F. The minimum atomic E-state index is -4.39. The molecular formula is C16H16F3NO3S. The van der Waals surface area contributed by atoms with Gasteiger partial charge in [0.15, 0.2) is 0 Å². The Bertz CT molecular complexity index is 671. The van der Waals surface area contributed by atoms with Crippen molar-refractivity contribution in [2.75, 3.05) is 13.2 Å². The van der Waals surface area contributed by atoms with Crippen LogP contribution in [0.5, 0.6) is 0 Å². The number of aromatic nitrogens is 1. The molecule has 0 aliphatic carbocycles. The quantitative estimate of drug-likeness (QED) is 0.551. The van der Waals surface area contributed by atoms with Crippen LogP contribution in [0.3, 0.4) is 0 Å². The zero-order valence-electron chi connectivity index (χ0n) is 12.9.